The predicted molar refractivity (Wildman–Crippen MR) is 85.1 cm³/mol. The summed E-state index contributed by atoms with van der Waals surface area (Å²) in [6.07, 6.45) is 0.650. The lowest BCUT2D eigenvalue weighted by Gasteiger charge is -2.19. The van der Waals surface area contributed by atoms with Crippen LogP contribution in [-0.4, -0.2) is 28.7 Å². The van der Waals surface area contributed by atoms with Crippen LogP contribution in [0.5, 0.6) is 0 Å². The molecule has 3 N–H and O–H groups in total. The minimum Gasteiger partial charge on any atom is -0.394 e. The second-order valence-corrected chi connectivity index (χ2v) is 5.77. The number of hydrogen-bond acceptors (Lipinski definition) is 4. The van der Waals surface area contributed by atoms with Crippen LogP contribution in [0.4, 0.5) is 16.2 Å². The fraction of sp³-hybridized carbons (Fsp3) is 0.533. The Bertz CT molecular complexity index is 558. The molecular weight excluding hydrogens is 286 g/mol. The number of carbonyl (C=O) groups excluding carboxylic acids is 1. The number of carbonyl (C=O) groups is 1. The number of nitro groups is 1. The van der Waals surface area contributed by atoms with Crippen molar-refractivity contribution in [3.05, 3.63) is 33.4 Å². The first kappa shape index (κ1) is 17.9. The SMILES string of the molecule is Cc1ccc([N+](=O)[O-])c(C)c1NC(=O)NC(CO)CC(C)C. The third kappa shape index (κ3) is 4.70. The number of anilines is 1. The third-order valence-electron chi connectivity index (χ3n) is 3.39. The van der Waals surface area contributed by atoms with Crippen LogP contribution in [0.25, 0.3) is 0 Å². The van der Waals surface area contributed by atoms with E-state index in [-0.39, 0.29) is 18.3 Å². The molecule has 0 aliphatic heterocycles. The van der Waals surface area contributed by atoms with Crippen LogP contribution in [0.1, 0.15) is 31.4 Å². The summed E-state index contributed by atoms with van der Waals surface area (Å²) in [5.41, 5.74) is 1.53. The Hall–Kier alpha value is -2.15. The Morgan fingerprint density at radius 1 is 1.36 bits per heavy atom. The van der Waals surface area contributed by atoms with Gasteiger partial charge in [-0.05, 0) is 31.7 Å². The number of nitro benzene ring substituents is 1. The zero-order valence-corrected chi connectivity index (χ0v) is 13.3. The lowest BCUT2D eigenvalue weighted by Crippen LogP contribution is -2.41. The molecule has 22 heavy (non-hydrogen) atoms. The van der Waals surface area contributed by atoms with Crippen molar-refractivity contribution in [2.45, 2.75) is 40.2 Å². The highest BCUT2D eigenvalue weighted by molar-refractivity contribution is 5.92. The van der Waals surface area contributed by atoms with E-state index in [2.05, 4.69) is 10.6 Å². The highest BCUT2D eigenvalue weighted by Crippen LogP contribution is 2.28. The first-order valence-electron chi connectivity index (χ1n) is 7.19. The van der Waals surface area contributed by atoms with Crippen LogP contribution in [0.15, 0.2) is 12.1 Å². The molecule has 1 rings (SSSR count). The quantitative estimate of drug-likeness (QED) is 0.555. The van der Waals surface area contributed by atoms with E-state index >= 15 is 0 Å². The largest absolute Gasteiger partial charge is 0.394 e. The number of aliphatic hydroxyl groups excluding tert-OH is 1. The summed E-state index contributed by atoms with van der Waals surface area (Å²) in [5, 5.41) is 25.6. The van der Waals surface area contributed by atoms with Gasteiger partial charge in [-0.3, -0.25) is 10.1 Å². The van der Waals surface area contributed by atoms with E-state index in [1.165, 1.54) is 6.07 Å². The topological polar surface area (TPSA) is 105 Å². The summed E-state index contributed by atoms with van der Waals surface area (Å²) >= 11 is 0. The van der Waals surface area contributed by atoms with Crippen LogP contribution in [0, 0.1) is 29.9 Å². The molecule has 1 atom stereocenters. The van der Waals surface area contributed by atoms with Crippen molar-refractivity contribution in [1.29, 1.82) is 0 Å². The van der Waals surface area contributed by atoms with E-state index in [1.54, 1.807) is 19.9 Å². The number of hydrogen-bond donors (Lipinski definition) is 3. The molecule has 0 saturated heterocycles. The van der Waals surface area contributed by atoms with Gasteiger partial charge in [0.25, 0.3) is 5.69 Å². The normalized spacial score (nSPS) is 12.1. The maximum absolute atomic E-state index is 12.0. The lowest BCUT2D eigenvalue weighted by molar-refractivity contribution is -0.385. The first-order chi connectivity index (χ1) is 10.3. The molecule has 1 aromatic carbocycles. The number of urea groups is 1. The van der Waals surface area contributed by atoms with Gasteiger partial charge in [-0.2, -0.15) is 0 Å². The van der Waals surface area contributed by atoms with Gasteiger partial charge in [0.2, 0.25) is 0 Å². The number of nitrogens with one attached hydrogen (secondary N) is 2. The van der Waals surface area contributed by atoms with Gasteiger partial charge in [-0.15, -0.1) is 0 Å². The summed E-state index contributed by atoms with van der Waals surface area (Å²) in [4.78, 5) is 22.5. The lowest BCUT2D eigenvalue weighted by atomic mass is 10.0. The van der Waals surface area contributed by atoms with Gasteiger partial charge in [0.1, 0.15) is 0 Å². The van der Waals surface area contributed by atoms with Crippen LogP contribution in [0.3, 0.4) is 0 Å². The van der Waals surface area contributed by atoms with Crippen molar-refractivity contribution >= 4 is 17.4 Å². The van der Waals surface area contributed by atoms with Gasteiger partial charge < -0.3 is 15.7 Å². The highest BCUT2D eigenvalue weighted by atomic mass is 16.6. The molecule has 7 nitrogen and oxygen atoms in total. The third-order valence-corrected chi connectivity index (χ3v) is 3.39. The van der Waals surface area contributed by atoms with Gasteiger partial charge >= 0.3 is 6.03 Å². The van der Waals surface area contributed by atoms with E-state index in [0.717, 1.165) is 5.56 Å². The highest BCUT2D eigenvalue weighted by Gasteiger charge is 2.19. The number of amides is 2. The van der Waals surface area contributed by atoms with Crippen molar-refractivity contribution in [1.82, 2.24) is 5.32 Å². The molecule has 0 aliphatic carbocycles. The zero-order chi connectivity index (χ0) is 16.9. The minimum absolute atomic E-state index is 0.0400. The van der Waals surface area contributed by atoms with E-state index in [4.69, 9.17) is 0 Å². The van der Waals surface area contributed by atoms with E-state index in [1.807, 2.05) is 13.8 Å². The molecule has 1 unspecified atom stereocenters. The predicted octanol–water partition coefficient (Wildman–Crippen LogP) is 2.74. The average molecular weight is 309 g/mol. The van der Waals surface area contributed by atoms with Crippen molar-refractivity contribution in [3.63, 3.8) is 0 Å². The second-order valence-electron chi connectivity index (χ2n) is 5.77. The Labute approximate surface area is 129 Å². The van der Waals surface area contributed by atoms with E-state index in [9.17, 15) is 20.0 Å². The molecule has 0 fully saturated rings. The Kier molecular flexibility index (Phi) is 6.30. The Balaban J connectivity index is 2.88. The molecule has 0 radical (unpaired) electrons. The van der Waals surface area contributed by atoms with Crippen molar-refractivity contribution < 1.29 is 14.8 Å². The maximum Gasteiger partial charge on any atom is 0.319 e. The van der Waals surface area contributed by atoms with Crippen LogP contribution >= 0.6 is 0 Å². The fourth-order valence-electron chi connectivity index (χ4n) is 2.31. The zero-order valence-electron chi connectivity index (χ0n) is 13.3. The molecule has 2 amide bonds. The monoisotopic (exact) mass is 309 g/mol. The number of benzene rings is 1. The maximum atomic E-state index is 12.0. The molecule has 0 saturated carbocycles. The number of nitrogens with zero attached hydrogens (tertiary/aromatic N) is 1. The van der Waals surface area contributed by atoms with Gasteiger partial charge in [0, 0.05) is 6.07 Å². The molecular formula is C15H23N3O4. The number of aliphatic hydroxyl groups is 1. The second kappa shape index (κ2) is 7.74. The molecule has 0 aliphatic rings. The van der Waals surface area contributed by atoms with Crippen molar-refractivity contribution in [3.8, 4) is 0 Å². The van der Waals surface area contributed by atoms with Gasteiger partial charge in [0.05, 0.1) is 28.8 Å². The van der Waals surface area contributed by atoms with Crippen LogP contribution < -0.4 is 10.6 Å². The summed E-state index contributed by atoms with van der Waals surface area (Å²) in [6.45, 7) is 7.20. The van der Waals surface area contributed by atoms with Gasteiger partial charge in [-0.25, -0.2) is 4.79 Å². The van der Waals surface area contributed by atoms with E-state index < -0.39 is 11.0 Å². The average Bonchev–Trinajstić information content (AvgIpc) is 2.41. The molecule has 7 heteroatoms. The van der Waals surface area contributed by atoms with Crippen LogP contribution in [-0.2, 0) is 0 Å². The van der Waals surface area contributed by atoms with Crippen molar-refractivity contribution in [2.24, 2.45) is 5.92 Å². The Morgan fingerprint density at radius 2 is 2.00 bits per heavy atom. The molecule has 0 aromatic heterocycles. The summed E-state index contributed by atoms with van der Waals surface area (Å²) in [6, 6.07) is 2.19. The fourth-order valence-corrected chi connectivity index (χ4v) is 2.31. The number of aryl methyl sites for hydroxylation is 1. The van der Waals surface area contributed by atoms with Crippen molar-refractivity contribution in [2.75, 3.05) is 11.9 Å². The standard InChI is InChI=1S/C15H23N3O4/c1-9(2)7-12(8-19)16-15(20)17-14-10(3)5-6-13(11(14)4)18(21)22/h5-6,9,12,19H,7-8H2,1-4H3,(H2,16,17,20). The summed E-state index contributed by atoms with van der Waals surface area (Å²) < 4.78 is 0. The van der Waals surface area contributed by atoms with Gasteiger partial charge in [0.15, 0.2) is 0 Å². The molecule has 0 spiro atoms. The van der Waals surface area contributed by atoms with Gasteiger partial charge in [-0.1, -0.05) is 19.9 Å². The summed E-state index contributed by atoms with van der Waals surface area (Å²) in [7, 11) is 0. The molecule has 122 valence electrons. The minimum atomic E-state index is -0.480. The number of rotatable bonds is 6. The first-order valence-corrected chi connectivity index (χ1v) is 7.19. The molecule has 1 aromatic rings. The smallest absolute Gasteiger partial charge is 0.319 e. The van der Waals surface area contributed by atoms with Crippen LogP contribution in [0.2, 0.25) is 0 Å². The van der Waals surface area contributed by atoms with E-state index in [0.29, 0.717) is 23.6 Å². The molecule has 0 heterocycles. The summed E-state index contributed by atoms with van der Waals surface area (Å²) in [5.74, 6) is 0.332. The molecule has 0 bridgehead atoms. The Morgan fingerprint density at radius 3 is 2.50 bits per heavy atom.